The van der Waals surface area contributed by atoms with Gasteiger partial charge in [-0.05, 0) is 49.8 Å². The quantitative estimate of drug-likeness (QED) is 0.860. The van der Waals surface area contributed by atoms with E-state index < -0.39 is 0 Å². The fraction of sp³-hybridized carbons (Fsp3) is 0.600. The fourth-order valence-corrected chi connectivity index (χ4v) is 4.08. The van der Waals surface area contributed by atoms with Crippen LogP contribution in [0.3, 0.4) is 0 Å². The van der Waals surface area contributed by atoms with E-state index in [4.69, 9.17) is 9.47 Å². The molecule has 4 nitrogen and oxygen atoms in total. The predicted molar refractivity (Wildman–Crippen MR) is 96.6 cm³/mol. The molecule has 0 saturated carbocycles. The summed E-state index contributed by atoms with van der Waals surface area (Å²) < 4.78 is 14.1. The number of piperidine rings is 1. The summed E-state index contributed by atoms with van der Waals surface area (Å²) in [5, 5.41) is 1.22. The molecule has 2 saturated heterocycles. The number of ether oxygens (including phenoxy) is 2. The Morgan fingerprint density at radius 1 is 1.17 bits per heavy atom. The van der Waals surface area contributed by atoms with Crippen molar-refractivity contribution in [1.29, 1.82) is 0 Å². The van der Waals surface area contributed by atoms with E-state index >= 15 is 0 Å². The van der Waals surface area contributed by atoms with Crippen LogP contribution in [-0.4, -0.2) is 48.4 Å². The number of rotatable bonds is 4. The molecule has 3 heterocycles. The van der Waals surface area contributed by atoms with Gasteiger partial charge in [-0.2, -0.15) is 0 Å². The third kappa shape index (κ3) is 3.45. The van der Waals surface area contributed by atoms with Crippen LogP contribution in [0.1, 0.15) is 25.7 Å². The molecule has 24 heavy (non-hydrogen) atoms. The molecule has 4 heteroatoms. The van der Waals surface area contributed by atoms with Crippen LogP contribution in [0.4, 0.5) is 0 Å². The molecule has 4 rings (SSSR count). The normalized spacial score (nSPS) is 23.6. The van der Waals surface area contributed by atoms with Gasteiger partial charge in [0.2, 0.25) is 0 Å². The van der Waals surface area contributed by atoms with Crippen LogP contribution in [0.25, 0.3) is 10.9 Å². The van der Waals surface area contributed by atoms with Gasteiger partial charge >= 0.3 is 0 Å². The first-order valence-corrected chi connectivity index (χ1v) is 9.30. The smallest absolute Gasteiger partial charge is 0.129 e. The minimum absolute atomic E-state index is 0.342. The second-order valence-electron chi connectivity index (χ2n) is 7.32. The van der Waals surface area contributed by atoms with Crippen molar-refractivity contribution in [3.63, 3.8) is 0 Å². The van der Waals surface area contributed by atoms with E-state index in [0.29, 0.717) is 6.10 Å². The van der Waals surface area contributed by atoms with E-state index in [2.05, 4.69) is 47.0 Å². The first kappa shape index (κ1) is 16.0. The van der Waals surface area contributed by atoms with Crippen molar-refractivity contribution in [1.82, 2.24) is 9.47 Å². The lowest BCUT2D eigenvalue weighted by Gasteiger charge is -2.35. The van der Waals surface area contributed by atoms with Crippen LogP contribution in [0, 0.1) is 5.92 Å². The van der Waals surface area contributed by atoms with Gasteiger partial charge < -0.3 is 18.9 Å². The van der Waals surface area contributed by atoms with Crippen LogP contribution in [0.2, 0.25) is 0 Å². The first-order chi connectivity index (χ1) is 11.8. The highest BCUT2D eigenvalue weighted by molar-refractivity contribution is 5.86. The second-order valence-corrected chi connectivity index (χ2v) is 7.32. The van der Waals surface area contributed by atoms with E-state index in [1.165, 1.54) is 30.3 Å². The average Bonchev–Trinajstić information content (AvgIpc) is 3.00. The lowest BCUT2D eigenvalue weighted by atomic mass is 9.99. The summed E-state index contributed by atoms with van der Waals surface area (Å²) in [6.45, 7) is 5.39. The third-order valence-electron chi connectivity index (χ3n) is 5.49. The van der Waals surface area contributed by atoms with Gasteiger partial charge in [-0.15, -0.1) is 0 Å². The van der Waals surface area contributed by atoms with Gasteiger partial charge in [0, 0.05) is 44.9 Å². The van der Waals surface area contributed by atoms with Gasteiger partial charge in [0.25, 0.3) is 0 Å². The van der Waals surface area contributed by atoms with Gasteiger partial charge in [-0.25, -0.2) is 0 Å². The zero-order valence-corrected chi connectivity index (χ0v) is 14.6. The highest BCUT2D eigenvalue weighted by Crippen LogP contribution is 2.29. The second kappa shape index (κ2) is 7.16. The molecule has 2 fully saturated rings. The molecule has 0 aliphatic carbocycles. The molecule has 0 bridgehead atoms. The lowest BCUT2D eigenvalue weighted by molar-refractivity contribution is 0.0262. The molecule has 2 aromatic rings. The zero-order chi connectivity index (χ0) is 16.4. The van der Waals surface area contributed by atoms with Crippen molar-refractivity contribution >= 4 is 10.9 Å². The van der Waals surface area contributed by atoms with Gasteiger partial charge in [0.1, 0.15) is 11.9 Å². The molecule has 0 spiro atoms. The van der Waals surface area contributed by atoms with Crippen LogP contribution < -0.4 is 4.74 Å². The van der Waals surface area contributed by atoms with E-state index in [9.17, 15) is 0 Å². The number of likely N-dealkylation sites (tertiary alicyclic amines) is 1. The van der Waals surface area contributed by atoms with Crippen molar-refractivity contribution in [2.45, 2.75) is 31.8 Å². The zero-order valence-electron chi connectivity index (χ0n) is 14.6. The lowest BCUT2D eigenvalue weighted by Crippen LogP contribution is -2.42. The summed E-state index contributed by atoms with van der Waals surface area (Å²) in [5.41, 5.74) is 1.24. The highest BCUT2D eigenvalue weighted by atomic mass is 16.5. The van der Waals surface area contributed by atoms with Crippen molar-refractivity contribution in [2.24, 2.45) is 13.0 Å². The summed E-state index contributed by atoms with van der Waals surface area (Å²) in [6, 6.07) is 8.50. The molecule has 0 amide bonds. The van der Waals surface area contributed by atoms with Crippen LogP contribution >= 0.6 is 0 Å². The Morgan fingerprint density at radius 2 is 2.04 bits per heavy atom. The standard InChI is InChI=1S/C20H28N2O2/c1-21-10-9-18-19(21)5-2-6-20(18)24-17-7-11-22(12-8-17)14-16-4-3-13-23-15-16/h2,5-6,9-10,16-17H,3-4,7-8,11-15H2,1H3. The van der Waals surface area contributed by atoms with Gasteiger partial charge in [-0.3, -0.25) is 0 Å². The molecule has 1 unspecified atom stereocenters. The molecule has 2 aliphatic heterocycles. The minimum atomic E-state index is 0.342. The topological polar surface area (TPSA) is 26.6 Å². The summed E-state index contributed by atoms with van der Waals surface area (Å²) in [7, 11) is 2.08. The Morgan fingerprint density at radius 3 is 2.83 bits per heavy atom. The van der Waals surface area contributed by atoms with Crippen LogP contribution in [-0.2, 0) is 11.8 Å². The maximum absolute atomic E-state index is 6.36. The van der Waals surface area contributed by atoms with Crippen molar-refractivity contribution in [2.75, 3.05) is 32.8 Å². The van der Waals surface area contributed by atoms with E-state index in [1.54, 1.807) is 0 Å². The number of fused-ring (bicyclic) bond motifs is 1. The number of hydrogen-bond acceptors (Lipinski definition) is 3. The van der Waals surface area contributed by atoms with Crippen molar-refractivity contribution in [3.05, 3.63) is 30.5 Å². The van der Waals surface area contributed by atoms with Crippen molar-refractivity contribution in [3.8, 4) is 5.75 Å². The number of nitrogens with zero attached hydrogens (tertiary/aromatic N) is 2. The van der Waals surface area contributed by atoms with Crippen LogP contribution in [0.5, 0.6) is 5.75 Å². The summed E-state index contributed by atoms with van der Waals surface area (Å²) >= 11 is 0. The monoisotopic (exact) mass is 328 g/mol. The number of aryl methyl sites for hydroxylation is 1. The molecular formula is C20H28N2O2. The van der Waals surface area contributed by atoms with E-state index in [-0.39, 0.29) is 0 Å². The first-order valence-electron chi connectivity index (χ1n) is 9.30. The van der Waals surface area contributed by atoms with Crippen molar-refractivity contribution < 1.29 is 9.47 Å². The predicted octanol–water partition coefficient (Wildman–Crippen LogP) is 3.45. The maximum atomic E-state index is 6.36. The Kier molecular flexibility index (Phi) is 4.76. The SMILES string of the molecule is Cn1ccc2c(OC3CCN(CC4CCCOC4)CC3)cccc21. The average molecular weight is 328 g/mol. The fourth-order valence-electron chi connectivity index (χ4n) is 4.08. The number of aromatic nitrogens is 1. The molecule has 0 N–H and O–H groups in total. The Labute approximate surface area is 144 Å². The summed E-state index contributed by atoms with van der Waals surface area (Å²) in [6.07, 6.45) is 7.24. The molecule has 0 radical (unpaired) electrons. The maximum Gasteiger partial charge on any atom is 0.129 e. The van der Waals surface area contributed by atoms with E-state index in [1.807, 2.05) is 0 Å². The van der Waals surface area contributed by atoms with Gasteiger partial charge in [-0.1, -0.05) is 6.07 Å². The Hall–Kier alpha value is -1.52. The summed E-state index contributed by atoms with van der Waals surface area (Å²) in [5.74, 6) is 1.77. The number of benzene rings is 1. The molecule has 1 aromatic heterocycles. The molecule has 130 valence electrons. The number of hydrogen-bond donors (Lipinski definition) is 0. The summed E-state index contributed by atoms with van der Waals surface area (Å²) in [4.78, 5) is 2.60. The molecule has 1 aromatic carbocycles. The van der Waals surface area contributed by atoms with E-state index in [0.717, 1.165) is 50.8 Å². The highest BCUT2D eigenvalue weighted by Gasteiger charge is 2.24. The Balaban J connectivity index is 1.32. The molecule has 1 atom stereocenters. The Bertz CT molecular complexity index is 667. The van der Waals surface area contributed by atoms with Gasteiger partial charge in [0.15, 0.2) is 0 Å². The molecule has 2 aliphatic rings. The largest absolute Gasteiger partial charge is 0.490 e. The van der Waals surface area contributed by atoms with Crippen LogP contribution in [0.15, 0.2) is 30.5 Å². The molecular weight excluding hydrogens is 300 g/mol. The van der Waals surface area contributed by atoms with Gasteiger partial charge in [0.05, 0.1) is 12.1 Å². The minimum Gasteiger partial charge on any atom is -0.490 e. The third-order valence-corrected chi connectivity index (χ3v) is 5.49.